The molecule has 33 heavy (non-hydrogen) atoms. The van der Waals surface area contributed by atoms with Crippen LogP contribution in [0.4, 0.5) is 5.69 Å². The van der Waals surface area contributed by atoms with Crippen molar-refractivity contribution in [2.75, 3.05) is 24.2 Å². The highest BCUT2D eigenvalue weighted by molar-refractivity contribution is 7.92. The van der Waals surface area contributed by atoms with Crippen LogP contribution in [0.15, 0.2) is 78.9 Å². The first kappa shape index (κ1) is 24.3. The van der Waals surface area contributed by atoms with Crippen LogP contribution in [-0.2, 0) is 14.8 Å². The van der Waals surface area contributed by atoms with Crippen LogP contribution in [0.2, 0.25) is 0 Å². The summed E-state index contributed by atoms with van der Waals surface area (Å²) in [6.45, 7) is 2.23. The number of rotatable bonds is 10. The Morgan fingerprint density at radius 3 is 2.12 bits per heavy atom. The second-order valence-electron chi connectivity index (χ2n) is 7.96. The second-order valence-corrected chi connectivity index (χ2v) is 9.87. The van der Waals surface area contributed by atoms with Crippen LogP contribution in [0.1, 0.15) is 35.6 Å². The van der Waals surface area contributed by atoms with Gasteiger partial charge in [-0.05, 0) is 48.7 Å². The number of aryl methyl sites for hydroxylation is 1. The molecular weight excluding hydrogens is 436 g/mol. The van der Waals surface area contributed by atoms with E-state index >= 15 is 0 Å². The van der Waals surface area contributed by atoms with E-state index in [0.29, 0.717) is 17.9 Å². The summed E-state index contributed by atoms with van der Waals surface area (Å²) in [5.41, 5.74) is 3.68. The molecule has 0 spiro atoms. The van der Waals surface area contributed by atoms with Crippen LogP contribution in [0.25, 0.3) is 0 Å². The Morgan fingerprint density at radius 2 is 1.55 bits per heavy atom. The van der Waals surface area contributed by atoms with Crippen molar-refractivity contribution < 1.29 is 17.9 Å². The van der Waals surface area contributed by atoms with Gasteiger partial charge in [0.2, 0.25) is 15.9 Å². The number of hydrogen-bond acceptors (Lipinski definition) is 4. The minimum absolute atomic E-state index is 0.132. The van der Waals surface area contributed by atoms with Crippen molar-refractivity contribution in [2.45, 2.75) is 25.8 Å². The summed E-state index contributed by atoms with van der Waals surface area (Å²) in [6.07, 6.45) is 1.76. The summed E-state index contributed by atoms with van der Waals surface area (Å²) in [6, 6.07) is 24.4. The molecule has 0 radical (unpaired) electrons. The van der Waals surface area contributed by atoms with E-state index in [0.717, 1.165) is 16.7 Å². The zero-order valence-electron chi connectivity index (χ0n) is 19.2. The van der Waals surface area contributed by atoms with Crippen molar-refractivity contribution >= 4 is 21.6 Å². The van der Waals surface area contributed by atoms with Crippen LogP contribution in [-0.4, -0.2) is 34.2 Å². The smallest absolute Gasteiger partial charge is 0.232 e. The van der Waals surface area contributed by atoms with Crippen LogP contribution in [0.5, 0.6) is 5.75 Å². The molecule has 174 valence electrons. The normalized spacial score (nSPS) is 12.1. The first-order valence-corrected chi connectivity index (χ1v) is 12.7. The van der Waals surface area contributed by atoms with Gasteiger partial charge in [-0.15, -0.1) is 0 Å². The molecule has 6 nitrogen and oxygen atoms in total. The Bertz CT molecular complexity index is 1150. The van der Waals surface area contributed by atoms with E-state index in [1.54, 1.807) is 31.4 Å². The van der Waals surface area contributed by atoms with Gasteiger partial charge in [0.05, 0.1) is 25.1 Å². The Balaban J connectivity index is 1.67. The van der Waals surface area contributed by atoms with Crippen LogP contribution >= 0.6 is 0 Å². The number of amides is 1. The average Bonchev–Trinajstić information content (AvgIpc) is 2.81. The van der Waals surface area contributed by atoms with E-state index in [-0.39, 0.29) is 24.9 Å². The molecule has 1 atom stereocenters. The van der Waals surface area contributed by atoms with Crippen molar-refractivity contribution in [1.82, 2.24) is 5.32 Å². The Kier molecular flexibility index (Phi) is 8.11. The lowest BCUT2D eigenvalue weighted by molar-refractivity contribution is -0.121. The number of anilines is 1. The van der Waals surface area contributed by atoms with E-state index in [1.165, 1.54) is 10.6 Å². The molecule has 0 fully saturated rings. The summed E-state index contributed by atoms with van der Waals surface area (Å²) in [7, 11) is -1.93. The quantitative estimate of drug-likeness (QED) is 0.479. The Morgan fingerprint density at radius 1 is 0.939 bits per heavy atom. The average molecular weight is 467 g/mol. The number of benzene rings is 3. The van der Waals surface area contributed by atoms with Crippen LogP contribution < -0.4 is 14.4 Å². The fraction of sp³-hybridized carbons (Fsp3) is 0.269. The summed E-state index contributed by atoms with van der Waals surface area (Å²) >= 11 is 0. The predicted molar refractivity (Wildman–Crippen MR) is 132 cm³/mol. The monoisotopic (exact) mass is 466 g/mol. The first-order valence-electron chi connectivity index (χ1n) is 10.8. The van der Waals surface area contributed by atoms with E-state index in [2.05, 4.69) is 5.32 Å². The maximum absolute atomic E-state index is 12.8. The first-order chi connectivity index (χ1) is 15.8. The highest BCUT2D eigenvalue weighted by Gasteiger charge is 2.20. The summed E-state index contributed by atoms with van der Waals surface area (Å²) in [4.78, 5) is 12.8. The molecule has 0 aromatic heterocycles. The van der Waals surface area contributed by atoms with Crippen molar-refractivity contribution in [3.63, 3.8) is 0 Å². The van der Waals surface area contributed by atoms with E-state index in [9.17, 15) is 13.2 Å². The van der Waals surface area contributed by atoms with Gasteiger partial charge in [0.25, 0.3) is 0 Å². The van der Waals surface area contributed by atoms with E-state index < -0.39 is 10.0 Å². The number of nitrogens with zero attached hydrogens (tertiary/aromatic N) is 1. The minimum atomic E-state index is -3.49. The number of ether oxygens (including phenoxy) is 1. The molecule has 3 aromatic rings. The number of carbonyl (C=O) groups is 1. The van der Waals surface area contributed by atoms with Gasteiger partial charge in [0, 0.05) is 13.0 Å². The Hall–Kier alpha value is -3.32. The number of nitrogens with one attached hydrogen (secondary N) is 1. The molecule has 0 saturated carbocycles. The lowest BCUT2D eigenvalue weighted by atomic mass is 9.97. The number of hydrogen-bond donors (Lipinski definition) is 1. The van der Waals surface area contributed by atoms with Crippen molar-refractivity contribution in [2.24, 2.45) is 0 Å². The Labute approximate surface area is 196 Å². The highest BCUT2D eigenvalue weighted by atomic mass is 32.2. The topological polar surface area (TPSA) is 75.7 Å². The zero-order valence-corrected chi connectivity index (χ0v) is 20.0. The van der Waals surface area contributed by atoms with Gasteiger partial charge < -0.3 is 10.1 Å². The SMILES string of the molecule is COc1ccc(N(CCCC(=O)N[C@H](c2ccccc2)c2ccc(C)cc2)S(C)(=O)=O)cc1. The third kappa shape index (κ3) is 6.83. The van der Waals surface area contributed by atoms with E-state index in [1.807, 2.05) is 61.5 Å². The van der Waals surface area contributed by atoms with Crippen molar-refractivity contribution in [3.8, 4) is 5.75 Å². The van der Waals surface area contributed by atoms with Gasteiger partial charge in [0.15, 0.2) is 0 Å². The molecule has 0 saturated heterocycles. The second kappa shape index (κ2) is 11.0. The standard InChI is InChI=1S/C26H30N2O4S/c1-20-11-13-22(14-12-20)26(21-8-5-4-6-9-21)27-25(29)10-7-19-28(33(3,30)31)23-15-17-24(32-2)18-16-23/h4-6,8-9,11-18,26H,7,10,19H2,1-3H3,(H,27,29)/t26-/m1/s1. The minimum Gasteiger partial charge on any atom is -0.497 e. The molecular formula is C26H30N2O4S. The van der Waals surface area contributed by atoms with Gasteiger partial charge in [-0.2, -0.15) is 0 Å². The van der Waals surface area contributed by atoms with Crippen molar-refractivity contribution in [3.05, 3.63) is 95.6 Å². The van der Waals surface area contributed by atoms with Crippen LogP contribution in [0, 0.1) is 6.92 Å². The van der Waals surface area contributed by atoms with Crippen molar-refractivity contribution in [1.29, 1.82) is 0 Å². The molecule has 3 rings (SSSR count). The third-order valence-corrected chi connectivity index (χ3v) is 6.57. The summed E-state index contributed by atoms with van der Waals surface area (Å²) in [5, 5.41) is 3.11. The molecule has 0 aliphatic heterocycles. The lowest BCUT2D eigenvalue weighted by Gasteiger charge is -2.23. The maximum Gasteiger partial charge on any atom is 0.232 e. The lowest BCUT2D eigenvalue weighted by Crippen LogP contribution is -2.33. The maximum atomic E-state index is 12.8. The molecule has 7 heteroatoms. The zero-order chi connectivity index (χ0) is 23.8. The number of methoxy groups -OCH3 is 1. The largest absolute Gasteiger partial charge is 0.497 e. The molecule has 3 aromatic carbocycles. The summed E-state index contributed by atoms with van der Waals surface area (Å²) in [5.74, 6) is 0.516. The number of carbonyl (C=O) groups excluding carboxylic acids is 1. The highest BCUT2D eigenvalue weighted by Crippen LogP contribution is 2.24. The van der Waals surface area contributed by atoms with Gasteiger partial charge in [-0.25, -0.2) is 8.42 Å². The van der Waals surface area contributed by atoms with Gasteiger partial charge >= 0.3 is 0 Å². The van der Waals surface area contributed by atoms with Gasteiger partial charge in [0.1, 0.15) is 5.75 Å². The van der Waals surface area contributed by atoms with Gasteiger partial charge in [-0.3, -0.25) is 9.10 Å². The van der Waals surface area contributed by atoms with Gasteiger partial charge in [-0.1, -0.05) is 60.2 Å². The predicted octanol–water partition coefficient (Wildman–Crippen LogP) is 4.46. The number of sulfonamides is 1. The molecule has 1 amide bonds. The third-order valence-electron chi connectivity index (χ3n) is 5.37. The van der Waals surface area contributed by atoms with Crippen LogP contribution in [0.3, 0.4) is 0 Å². The molecule has 1 N–H and O–H groups in total. The molecule has 0 unspecified atom stereocenters. The summed E-state index contributed by atoms with van der Waals surface area (Å²) < 4.78 is 31.1. The molecule has 0 heterocycles. The molecule has 0 aliphatic carbocycles. The fourth-order valence-corrected chi connectivity index (χ4v) is 4.58. The molecule has 0 aliphatic rings. The van der Waals surface area contributed by atoms with E-state index in [4.69, 9.17) is 4.74 Å². The molecule has 0 bridgehead atoms. The fourth-order valence-electron chi connectivity index (χ4n) is 3.61.